The third-order valence-electron chi connectivity index (χ3n) is 5.42. The molecular formula is C24H23N3O3S. The summed E-state index contributed by atoms with van der Waals surface area (Å²) in [6.45, 7) is 4.49. The van der Waals surface area contributed by atoms with Gasteiger partial charge in [0, 0.05) is 35.8 Å². The lowest BCUT2D eigenvalue weighted by Gasteiger charge is -2.12. The molecule has 2 aromatic carbocycles. The Morgan fingerprint density at radius 1 is 1.19 bits per heavy atom. The molecule has 0 atom stereocenters. The number of aliphatic imine (C=N–C) groups is 1. The number of amidine groups is 1. The Morgan fingerprint density at radius 3 is 2.71 bits per heavy atom. The Kier molecular flexibility index (Phi) is 5.69. The van der Waals surface area contributed by atoms with E-state index in [2.05, 4.69) is 28.6 Å². The topological polar surface area (TPSA) is 63.9 Å². The van der Waals surface area contributed by atoms with Crippen molar-refractivity contribution >= 4 is 51.5 Å². The van der Waals surface area contributed by atoms with E-state index in [1.807, 2.05) is 32.2 Å². The van der Waals surface area contributed by atoms with Crippen LogP contribution in [0.15, 0.2) is 58.4 Å². The smallest absolute Gasteiger partial charge is 0.337 e. The lowest BCUT2D eigenvalue weighted by atomic mass is 10.1. The predicted molar refractivity (Wildman–Crippen MR) is 125 cm³/mol. The van der Waals surface area contributed by atoms with Crippen molar-refractivity contribution in [2.45, 2.75) is 13.8 Å². The van der Waals surface area contributed by atoms with Gasteiger partial charge in [0.15, 0.2) is 5.17 Å². The maximum Gasteiger partial charge on any atom is 0.337 e. The van der Waals surface area contributed by atoms with Crippen LogP contribution in [0.25, 0.3) is 17.0 Å². The molecule has 158 valence electrons. The van der Waals surface area contributed by atoms with Gasteiger partial charge in [0.2, 0.25) is 0 Å². The highest BCUT2D eigenvalue weighted by atomic mass is 32.2. The van der Waals surface area contributed by atoms with Crippen molar-refractivity contribution in [1.29, 1.82) is 0 Å². The van der Waals surface area contributed by atoms with Crippen LogP contribution in [0.3, 0.4) is 0 Å². The number of aromatic nitrogens is 1. The average molecular weight is 434 g/mol. The van der Waals surface area contributed by atoms with Crippen molar-refractivity contribution in [2.75, 3.05) is 13.7 Å². The fourth-order valence-electron chi connectivity index (χ4n) is 3.66. The summed E-state index contributed by atoms with van der Waals surface area (Å²) < 4.78 is 6.92. The number of esters is 1. The normalized spacial score (nSPS) is 16.6. The number of carbonyl (C=O) groups is 2. The number of fused-ring (bicyclic) bond motifs is 1. The first-order valence-corrected chi connectivity index (χ1v) is 10.8. The van der Waals surface area contributed by atoms with E-state index in [0.717, 1.165) is 22.2 Å². The van der Waals surface area contributed by atoms with E-state index in [-0.39, 0.29) is 5.91 Å². The molecule has 1 aliphatic heterocycles. The maximum absolute atomic E-state index is 13.1. The number of benzene rings is 2. The predicted octanol–water partition coefficient (Wildman–Crippen LogP) is 4.90. The number of ether oxygens (including phenoxy) is 1. The van der Waals surface area contributed by atoms with Gasteiger partial charge in [-0.15, -0.1) is 0 Å². The molecule has 7 heteroatoms. The monoisotopic (exact) mass is 433 g/mol. The number of carbonyl (C=O) groups excluding carboxylic acids is 2. The number of nitrogens with zero attached hydrogens (tertiary/aromatic N) is 3. The first-order chi connectivity index (χ1) is 14.9. The van der Waals surface area contributed by atoms with Crippen LogP contribution in [0.1, 0.15) is 28.5 Å². The highest BCUT2D eigenvalue weighted by Gasteiger charge is 2.32. The van der Waals surface area contributed by atoms with E-state index in [4.69, 9.17) is 4.74 Å². The number of methoxy groups -OCH3 is 1. The van der Waals surface area contributed by atoms with Crippen LogP contribution in [0.2, 0.25) is 0 Å². The van der Waals surface area contributed by atoms with Crippen LogP contribution in [0.4, 0.5) is 5.69 Å². The molecule has 1 aliphatic rings. The van der Waals surface area contributed by atoms with E-state index in [1.54, 1.807) is 29.2 Å². The van der Waals surface area contributed by atoms with Gasteiger partial charge in [-0.1, -0.05) is 24.3 Å². The lowest BCUT2D eigenvalue weighted by molar-refractivity contribution is -0.122. The molecule has 0 radical (unpaired) electrons. The number of amides is 1. The van der Waals surface area contributed by atoms with Crippen molar-refractivity contribution in [2.24, 2.45) is 12.0 Å². The zero-order chi connectivity index (χ0) is 22.1. The molecule has 2 heterocycles. The van der Waals surface area contributed by atoms with Gasteiger partial charge < -0.3 is 9.30 Å². The number of hydrogen-bond donors (Lipinski definition) is 0. The summed E-state index contributed by atoms with van der Waals surface area (Å²) in [4.78, 5) is 31.8. The van der Waals surface area contributed by atoms with Gasteiger partial charge in [-0.25, -0.2) is 9.79 Å². The molecule has 6 nitrogen and oxygen atoms in total. The Labute approximate surface area is 185 Å². The molecule has 0 aliphatic carbocycles. The number of thioether (sulfide) groups is 1. The van der Waals surface area contributed by atoms with Gasteiger partial charge in [-0.05, 0) is 56.0 Å². The number of likely N-dealkylation sites (N-methyl/N-ethyl adjacent to an activating group) is 1. The minimum atomic E-state index is -0.420. The fourth-order valence-corrected chi connectivity index (χ4v) is 4.71. The highest BCUT2D eigenvalue weighted by Crippen LogP contribution is 2.36. The lowest BCUT2D eigenvalue weighted by Crippen LogP contribution is -2.28. The van der Waals surface area contributed by atoms with E-state index < -0.39 is 5.97 Å². The summed E-state index contributed by atoms with van der Waals surface area (Å²) >= 11 is 1.35. The number of aryl methyl sites for hydroxylation is 1. The second-order valence-electron chi connectivity index (χ2n) is 7.17. The zero-order valence-corrected chi connectivity index (χ0v) is 18.7. The molecule has 0 bridgehead atoms. The SMILES string of the molecule is CCN1C(=O)C(=Cc2c(C)n(C)c3ccccc23)SC1=Nc1cccc(C(=O)OC)c1. The molecule has 3 aromatic rings. The molecule has 0 N–H and O–H groups in total. The van der Waals surface area contributed by atoms with E-state index in [0.29, 0.717) is 27.9 Å². The Bertz CT molecular complexity index is 1260. The van der Waals surface area contributed by atoms with Gasteiger partial charge in [0.25, 0.3) is 5.91 Å². The molecule has 1 amide bonds. The summed E-state index contributed by atoms with van der Waals surface area (Å²) in [5.74, 6) is -0.487. The quantitative estimate of drug-likeness (QED) is 0.434. The standard InChI is InChI=1S/C24H23N3O3S/c1-5-27-22(28)21(14-19-15(2)26(3)20-12-7-6-11-18(19)20)31-24(27)25-17-10-8-9-16(13-17)23(29)30-4/h6-14H,5H2,1-4H3. The van der Waals surface area contributed by atoms with Crippen LogP contribution in [-0.4, -0.2) is 40.2 Å². The van der Waals surface area contributed by atoms with E-state index in [1.165, 1.54) is 18.9 Å². The Balaban J connectivity index is 1.74. The van der Waals surface area contributed by atoms with Gasteiger partial charge in [-0.3, -0.25) is 9.69 Å². The third-order valence-corrected chi connectivity index (χ3v) is 6.43. The minimum absolute atomic E-state index is 0.0669. The van der Waals surface area contributed by atoms with Crippen LogP contribution in [0, 0.1) is 6.92 Å². The van der Waals surface area contributed by atoms with Crippen molar-refractivity contribution < 1.29 is 14.3 Å². The third kappa shape index (κ3) is 3.77. The van der Waals surface area contributed by atoms with E-state index in [9.17, 15) is 9.59 Å². The summed E-state index contributed by atoms with van der Waals surface area (Å²) in [6.07, 6.45) is 1.96. The fraction of sp³-hybridized carbons (Fsp3) is 0.208. The van der Waals surface area contributed by atoms with Crippen molar-refractivity contribution in [1.82, 2.24) is 9.47 Å². The van der Waals surface area contributed by atoms with Crippen molar-refractivity contribution in [3.8, 4) is 0 Å². The summed E-state index contributed by atoms with van der Waals surface area (Å²) in [6, 6.07) is 15.1. The largest absolute Gasteiger partial charge is 0.465 e. The molecule has 0 unspecified atom stereocenters. The molecule has 1 aromatic heterocycles. The second kappa shape index (κ2) is 8.43. The number of rotatable bonds is 4. The Morgan fingerprint density at radius 2 is 1.97 bits per heavy atom. The molecule has 0 spiro atoms. The van der Waals surface area contributed by atoms with Crippen LogP contribution in [-0.2, 0) is 16.6 Å². The van der Waals surface area contributed by atoms with E-state index >= 15 is 0 Å². The van der Waals surface area contributed by atoms with Gasteiger partial charge in [-0.2, -0.15) is 0 Å². The second-order valence-corrected chi connectivity index (χ2v) is 8.18. The molecule has 1 fully saturated rings. The highest BCUT2D eigenvalue weighted by molar-refractivity contribution is 8.18. The molecular weight excluding hydrogens is 410 g/mol. The zero-order valence-electron chi connectivity index (χ0n) is 17.9. The van der Waals surface area contributed by atoms with Crippen molar-refractivity contribution in [3.63, 3.8) is 0 Å². The summed E-state index contributed by atoms with van der Waals surface area (Å²) in [5, 5.41) is 1.71. The first-order valence-electron chi connectivity index (χ1n) is 9.97. The van der Waals surface area contributed by atoms with Crippen LogP contribution >= 0.6 is 11.8 Å². The first kappa shape index (κ1) is 20.9. The molecule has 31 heavy (non-hydrogen) atoms. The van der Waals surface area contributed by atoms with Gasteiger partial charge >= 0.3 is 5.97 Å². The van der Waals surface area contributed by atoms with Crippen LogP contribution in [0.5, 0.6) is 0 Å². The molecule has 4 rings (SSSR count). The molecule has 1 saturated heterocycles. The Hall–Kier alpha value is -3.32. The summed E-state index contributed by atoms with van der Waals surface area (Å²) in [5.41, 5.74) is 4.28. The number of hydrogen-bond acceptors (Lipinski definition) is 5. The van der Waals surface area contributed by atoms with Gasteiger partial charge in [0.1, 0.15) is 0 Å². The van der Waals surface area contributed by atoms with Gasteiger partial charge in [0.05, 0.1) is 23.3 Å². The summed E-state index contributed by atoms with van der Waals surface area (Å²) in [7, 11) is 3.38. The number of para-hydroxylation sites is 1. The maximum atomic E-state index is 13.1. The molecule has 0 saturated carbocycles. The average Bonchev–Trinajstić information content (AvgIpc) is 3.21. The minimum Gasteiger partial charge on any atom is -0.465 e. The van der Waals surface area contributed by atoms with Crippen LogP contribution < -0.4 is 0 Å². The van der Waals surface area contributed by atoms with Crippen molar-refractivity contribution in [3.05, 3.63) is 70.3 Å².